The number of anilines is 1. The summed E-state index contributed by atoms with van der Waals surface area (Å²) in [6.07, 6.45) is 2.78. The van der Waals surface area contributed by atoms with Crippen LogP contribution in [0.3, 0.4) is 0 Å². The summed E-state index contributed by atoms with van der Waals surface area (Å²) in [5.74, 6) is 0.590. The summed E-state index contributed by atoms with van der Waals surface area (Å²) in [6.45, 7) is 3.85. The van der Waals surface area contributed by atoms with Crippen LogP contribution < -0.4 is 10.9 Å². The second-order valence-electron chi connectivity index (χ2n) is 5.19. The molecule has 1 fully saturated rings. The van der Waals surface area contributed by atoms with E-state index in [9.17, 15) is 4.79 Å². The highest BCUT2D eigenvalue weighted by Crippen LogP contribution is 2.19. The molecule has 0 radical (unpaired) electrons. The van der Waals surface area contributed by atoms with E-state index < -0.39 is 0 Å². The maximum absolute atomic E-state index is 12.0. The molecule has 2 rings (SSSR count). The molecule has 1 atom stereocenters. The first-order chi connectivity index (χ1) is 9.61. The van der Waals surface area contributed by atoms with Gasteiger partial charge in [0.05, 0.1) is 25.0 Å². The van der Waals surface area contributed by atoms with Gasteiger partial charge in [-0.2, -0.15) is 5.10 Å². The van der Waals surface area contributed by atoms with Gasteiger partial charge in [0.1, 0.15) is 5.02 Å². The Morgan fingerprint density at radius 2 is 2.40 bits per heavy atom. The van der Waals surface area contributed by atoms with Gasteiger partial charge in [-0.05, 0) is 25.9 Å². The van der Waals surface area contributed by atoms with Crippen molar-refractivity contribution in [3.8, 4) is 0 Å². The topological polar surface area (TPSA) is 59.4 Å². The van der Waals surface area contributed by atoms with Gasteiger partial charge in [-0.15, -0.1) is 0 Å². The minimum Gasteiger partial charge on any atom is -0.383 e. The number of rotatable bonds is 6. The summed E-state index contributed by atoms with van der Waals surface area (Å²) < 4.78 is 6.25. The Kier molecular flexibility index (Phi) is 5.39. The molecule has 0 bridgehead atoms. The van der Waals surface area contributed by atoms with E-state index >= 15 is 0 Å². The highest BCUT2D eigenvalue weighted by atomic mass is 35.5. The maximum atomic E-state index is 12.0. The molecular weight excluding hydrogens is 280 g/mol. The van der Waals surface area contributed by atoms with Crippen LogP contribution in [0.15, 0.2) is 11.0 Å². The Morgan fingerprint density at radius 3 is 3.05 bits per heavy atom. The molecule has 1 aromatic heterocycles. The standard InChI is InChI=1S/C13H21ClN4O2/c1-17-4-3-10(9-17)7-15-11-8-16-18(5-6-20-2)13(19)12(11)14/h8,10,15H,3-7,9H2,1-2H3. The van der Waals surface area contributed by atoms with Gasteiger partial charge >= 0.3 is 0 Å². The first-order valence-corrected chi connectivity index (χ1v) is 7.16. The molecule has 1 aliphatic rings. The lowest BCUT2D eigenvalue weighted by Crippen LogP contribution is -2.27. The lowest BCUT2D eigenvalue weighted by Gasteiger charge is -2.14. The van der Waals surface area contributed by atoms with Crippen molar-refractivity contribution in [1.29, 1.82) is 0 Å². The average Bonchev–Trinajstić information content (AvgIpc) is 2.85. The minimum absolute atomic E-state index is 0.197. The Hall–Kier alpha value is -1.11. The van der Waals surface area contributed by atoms with Crippen LogP contribution in [-0.2, 0) is 11.3 Å². The molecule has 0 aromatic carbocycles. The predicted molar refractivity (Wildman–Crippen MR) is 79.5 cm³/mol. The molecule has 1 aromatic rings. The van der Waals surface area contributed by atoms with E-state index in [0.29, 0.717) is 24.8 Å². The number of aromatic nitrogens is 2. The fraction of sp³-hybridized carbons (Fsp3) is 0.692. The Labute approximate surface area is 123 Å². The second kappa shape index (κ2) is 7.06. The number of hydrogen-bond acceptors (Lipinski definition) is 5. The molecule has 6 nitrogen and oxygen atoms in total. The van der Waals surface area contributed by atoms with Gasteiger partial charge in [0, 0.05) is 20.2 Å². The van der Waals surface area contributed by atoms with Crippen LogP contribution in [0, 0.1) is 5.92 Å². The maximum Gasteiger partial charge on any atom is 0.287 e. The number of likely N-dealkylation sites (tertiary alicyclic amines) is 1. The Morgan fingerprint density at radius 1 is 1.60 bits per heavy atom. The summed E-state index contributed by atoms with van der Waals surface area (Å²) in [6, 6.07) is 0. The smallest absolute Gasteiger partial charge is 0.287 e. The number of methoxy groups -OCH3 is 1. The van der Waals surface area contributed by atoms with E-state index in [1.54, 1.807) is 13.3 Å². The molecule has 1 N–H and O–H groups in total. The van der Waals surface area contributed by atoms with E-state index in [0.717, 1.165) is 19.6 Å². The van der Waals surface area contributed by atoms with E-state index in [-0.39, 0.29) is 10.6 Å². The van der Waals surface area contributed by atoms with E-state index in [1.807, 2.05) is 0 Å². The lowest BCUT2D eigenvalue weighted by atomic mass is 10.1. The van der Waals surface area contributed by atoms with Gasteiger partial charge < -0.3 is 15.0 Å². The third-order valence-corrected chi connectivity index (χ3v) is 3.93. The van der Waals surface area contributed by atoms with Crippen LogP contribution in [0.5, 0.6) is 0 Å². The van der Waals surface area contributed by atoms with E-state index in [4.69, 9.17) is 16.3 Å². The van der Waals surface area contributed by atoms with Crippen LogP contribution in [-0.4, -0.2) is 55.1 Å². The first kappa shape index (κ1) is 15.3. The normalized spacial score (nSPS) is 19.4. The fourth-order valence-corrected chi connectivity index (χ4v) is 2.59. The van der Waals surface area contributed by atoms with E-state index in [1.165, 1.54) is 11.1 Å². The summed E-state index contributed by atoms with van der Waals surface area (Å²) in [5, 5.41) is 7.53. The third kappa shape index (κ3) is 3.71. The third-order valence-electron chi connectivity index (χ3n) is 3.56. The van der Waals surface area contributed by atoms with E-state index in [2.05, 4.69) is 22.4 Å². The highest BCUT2D eigenvalue weighted by Gasteiger charge is 2.19. The lowest BCUT2D eigenvalue weighted by molar-refractivity contribution is 0.182. The van der Waals surface area contributed by atoms with Gasteiger partial charge in [0.2, 0.25) is 0 Å². The van der Waals surface area contributed by atoms with Gasteiger partial charge in [0.25, 0.3) is 5.56 Å². The van der Waals surface area contributed by atoms with Crippen molar-refractivity contribution >= 4 is 17.3 Å². The first-order valence-electron chi connectivity index (χ1n) is 6.78. The Balaban J connectivity index is 1.98. The summed E-state index contributed by atoms with van der Waals surface area (Å²) >= 11 is 6.10. The van der Waals surface area contributed by atoms with Gasteiger partial charge in [-0.1, -0.05) is 11.6 Å². The largest absolute Gasteiger partial charge is 0.383 e. The van der Waals surface area contributed by atoms with Crippen LogP contribution in [0.4, 0.5) is 5.69 Å². The zero-order valence-electron chi connectivity index (χ0n) is 11.9. The molecule has 2 heterocycles. The van der Waals surface area contributed by atoms with Gasteiger partial charge in [-0.3, -0.25) is 4.79 Å². The molecule has 7 heteroatoms. The summed E-state index contributed by atoms with van der Waals surface area (Å²) in [4.78, 5) is 14.3. The highest BCUT2D eigenvalue weighted by molar-refractivity contribution is 6.32. The van der Waals surface area contributed by atoms with Gasteiger partial charge in [0.15, 0.2) is 0 Å². The predicted octanol–water partition coefficient (Wildman–Crippen LogP) is 0.907. The number of nitrogens with zero attached hydrogens (tertiary/aromatic N) is 3. The number of halogens is 1. The number of nitrogens with one attached hydrogen (secondary N) is 1. The van der Waals surface area contributed by atoms with Crippen molar-refractivity contribution in [3.05, 3.63) is 21.6 Å². The molecular formula is C13H21ClN4O2. The molecule has 20 heavy (non-hydrogen) atoms. The number of ether oxygens (including phenoxy) is 1. The average molecular weight is 301 g/mol. The summed E-state index contributed by atoms with van der Waals surface area (Å²) in [7, 11) is 3.70. The molecule has 1 aliphatic heterocycles. The zero-order chi connectivity index (χ0) is 14.5. The van der Waals surface area contributed by atoms with Crippen molar-refractivity contribution in [2.45, 2.75) is 13.0 Å². The SMILES string of the molecule is COCCn1ncc(NCC2CCN(C)C2)c(Cl)c1=O. The number of hydrogen-bond donors (Lipinski definition) is 1. The van der Waals surface area contributed by atoms with Gasteiger partial charge in [-0.25, -0.2) is 4.68 Å². The van der Waals surface area contributed by atoms with Crippen LogP contribution in [0.25, 0.3) is 0 Å². The van der Waals surface area contributed by atoms with Crippen molar-refractivity contribution in [3.63, 3.8) is 0 Å². The van der Waals surface area contributed by atoms with Crippen LogP contribution >= 0.6 is 11.6 Å². The molecule has 112 valence electrons. The zero-order valence-corrected chi connectivity index (χ0v) is 12.7. The van der Waals surface area contributed by atoms with Crippen LogP contribution in [0.1, 0.15) is 6.42 Å². The van der Waals surface area contributed by atoms with Crippen LogP contribution in [0.2, 0.25) is 5.02 Å². The molecule has 0 aliphatic carbocycles. The molecule has 0 amide bonds. The quantitative estimate of drug-likeness (QED) is 0.846. The van der Waals surface area contributed by atoms with Crippen molar-refractivity contribution in [2.24, 2.45) is 5.92 Å². The van der Waals surface area contributed by atoms with Crippen molar-refractivity contribution in [1.82, 2.24) is 14.7 Å². The summed E-state index contributed by atoms with van der Waals surface area (Å²) in [5.41, 5.74) is 0.331. The minimum atomic E-state index is -0.280. The molecule has 0 spiro atoms. The molecule has 1 unspecified atom stereocenters. The van der Waals surface area contributed by atoms with Crippen molar-refractivity contribution < 1.29 is 4.74 Å². The molecule has 0 saturated carbocycles. The fourth-order valence-electron chi connectivity index (χ4n) is 2.37. The Bertz CT molecular complexity index is 506. The molecule has 1 saturated heterocycles. The monoisotopic (exact) mass is 300 g/mol. The van der Waals surface area contributed by atoms with Crippen molar-refractivity contribution in [2.75, 3.05) is 45.7 Å². The second-order valence-corrected chi connectivity index (χ2v) is 5.57.